The monoisotopic (exact) mass is 305 g/mol. The summed E-state index contributed by atoms with van der Waals surface area (Å²) < 4.78 is 53.1. The molecule has 4 nitrogen and oxygen atoms in total. The van der Waals surface area contributed by atoms with Gasteiger partial charge in [-0.2, -0.15) is 8.78 Å². The van der Waals surface area contributed by atoms with Crippen LogP contribution in [0.2, 0.25) is 0 Å². The van der Waals surface area contributed by atoms with Gasteiger partial charge in [0.15, 0.2) is 0 Å². The van der Waals surface area contributed by atoms with Crippen LogP contribution in [0.5, 0.6) is 5.75 Å². The molecule has 0 amide bonds. The molecule has 1 aliphatic heterocycles. The highest BCUT2D eigenvalue weighted by Crippen LogP contribution is 2.24. The van der Waals surface area contributed by atoms with Crippen LogP contribution in [0.15, 0.2) is 29.2 Å². The third-order valence-corrected chi connectivity index (χ3v) is 4.83. The number of nitrogens with one attached hydrogen (secondary N) is 1. The number of rotatable bonds is 4. The predicted octanol–water partition coefficient (Wildman–Crippen LogP) is 2.06. The number of sulfone groups is 1. The van der Waals surface area contributed by atoms with Crippen LogP contribution in [0.1, 0.15) is 13.3 Å². The smallest absolute Gasteiger partial charge is 0.341 e. The summed E-state index contributed by atoms with van der Waals surface area (Å²) in [4.78, 5) is -0.394. The van der Waals surface area contributed by atoms with Crippen LogP contribution in [0, 0.1) is 5.92 Å². The molecule has 0 aliphatic carbocycles. The van der Waals surface area contributed by atoms with Crippen molar-refractivity contribution >= 4 is 9.84 Å². The Balaban J connectivity index is 2.09. The van der Waals surface area contributed by atoms with Crippen molar-refractivity contribution < 1.29 is 21.9 Å². The molecule has 1 saturated heterocycles. The van der Waals surface area contributed by atoms with E-state index in [0.717, 1.165) is 31.6 Å². The fraction of sp³-hybridized carbons (Fsp3) is 0.538. The summed E-state index contributed by atoms with van der Waals surface area (Å²) in [7, 11) is -4.54. The Labute approximate surface area is 117 Å². The Hall–Kier alpha value is -1.21. The number of hydrogen-bond donors (Lipinski definition) is 1. The second-order valence-electron chi connectivity index (χ2n) is 4.90. The van der Waals surface area contributed by atoms with Gasteiger partial charge in [-0.25, -0.2) is 8.42 Å². The first-order chi connectivity index (χ1) is 9.41. The Bertz CT molecular complexity index is 545. The van der Waals surface area contributed by atoms with Gasteiger partial charge in [-0.05, 0) is 43.1 Å². The Kier molecular flexibility index (Phi) is 4.59. The summed E-state index contributed by atoms with van der Waals surface area (Å²) in [5.41, 5.74) is 0. The van der Waals surface area contributed by atoms with Crippen molar-refractivity contribution in [2.24, 2.45) is 5.92 Å². The van der Waals surface area contributed by atoms with E-state index in [2.05, 4.69) is 12.2 Å². The summed E-state index contributed by atoms with van der Waals surface area (Å²) >= 11 is 0. The van der Waals surface area contributed by atoms with Gasteiger partial charge >= 0.3 is 5.76 Å². The summed E-state index contributed by atoms with van der Waals surface area (Å²) in [6.45, 7) is 3.76. The average Bonchev–Trinajstić information content (AvgIpc) is 2.42. The average molecular weight is 305 g/mol. The summed E-state index contributed by atoms with van der Waals surface area (Å²) in [6.07, 6.45) is 1.00. The number of hydrogen-bond acceptors (Lipinski definition) is 4. The molecule has 1 fully saturated rings. The van der Waals surface area contributed by atoms with Crippen LogP contribution in [-0.4, -0.2) is 33.4 Å². The fourth-order valence-corrected chi connectivity index (χ4v) is 2.83. The standard InChI is InChI=1S/C13H17F2NO3S/c1-9-6-7-16-8-12(9)19-10-2-4-11(5-3-10)20(17,18)13(14)15/h2-5,9,12-13,16H,6-8H2,1H3. The van der Waals surface area contributed by atoms with E-state index in [1.807, 2.05) is 0 Å². The maximum Gasteiger partial charge on any atom is 0.341 e. The first kappa shape index (κ1) is 15.2. The van der Waals surface area contributed by atoms with Gasteiger partial charge in [-0.1, -0.05) is 6.92 Å². The molecule has 1 aromatic carbocycles. The zero-order valence-corrected chi connectivity index (χ0v) is 11.9. The SMILES string of the molecule is CC1CCNCC1Oc1ccc(S(=O)(=O)C(F)F)cc1. The van der Waals surface area contributed by atoms with Crippen LogP contribution >= 0.6 is 0 Å². The molecule has 0 bridgehead atoms. The minimum Gasteiger partial charge on any atom is -0.489 e. The van der Waals surface area contributed by atoms with Crippen LogP contribution in [0.25, 0.3) is 0 Å². The van der Waals surface area contributed by atoms with Gasteiger partial charge in [0.1, 0.15) is 11.9 Å². The van der Waals surface area contributed by atoms with Gasteiger partial charge in [0.25, 0.3) is 0 Å². The van der Waals surface area contributed by atoms with Crippen LogP contribution in [0.4, 0.5) is 8.78 Å². The van der Waals surface area contributed by atoms with Crippen molar-refractivity contribution in [3.05, 3.63) is 24.3 Å². The molecule has 1 aromatic rings. The van der Waals surface area contributed by atoms with Gasteiger partial charge in [0.05, 0.1) is 4.90 Å². The van der Waals surface area contributed by atoms with E-state index in [1.165, 1.54) is 12.1 Å². The summed E-state index contributed by atoms with van der Waals surface area (Å²) in [6, 6.07) is 5.13. The van der Waals surface area contributed by atoms with E-state index >= 15 is 0 Å². The van der Waals surface area contributed by atoms with E-state index in [1.54, 1.807) is 0 Å². The van der Waals surface area contributed by atoms with E-state index in [-0.39, 0.29) is 6.10 Å². The maximum atomic E-state index is 12.4. The highest BCUT2D eigenvalue weighted by molar-refractivity contribution is 7.91. The zero-order chi connectivity index (χ0) is 14.8. The van der Waals surface area contributed by atoms with Crippen molar-refractivity contribution in [3.63, 3.8) is 0 Å². The van der Waals surface area contributed by atoms with Gasteiger partial charge < -0.3 is 10.1 Å². The molecular weight excluding hydrogens is 288 g/mol. The van der Waals surface area contributed by atoms with E-state index in [4.69, 9.17) is 4.74 Å². The number of halogens is 2. The number of benzene rings is 1. The molecule has 112 valence electrons. The van der Waals surface area contributed by atoms with E-state index < -0.39 is 20.5 Å². The Morgan fingerprint density at radius 3 is 2.50 bits per heavy atom. The van der Waals surface area contributed by atoms with E-state index in [9.17, 15) is 17.2 Å². The molecule has 0 saturated carbocycles. The third kappa shape index (κ3) is 3.27. The van der Waals surface area contributed by atoms with Gasteiger partial charge in [-0.3, -0.25) is 0 Å². The Morgan fingerprint density at radius 1 is 1.30 bits per heavy atom. The number of alkyl halides is 2. The molecular formula is C13H17F2NO3S. The van der Waals surface area contributed by atoms with Gasteiger partial charge in [0.2, 0.25) is 9.84 Å². The molecule has 1 aliphatic rings. The number of ether oxygens (including phenoxy) is 1. The summed E-state index contributed by atoms with van der Waals surface area (Å²) in [5, 5.41) is 3.22. The number of piperidine rings is 1. The topological polar surface area (TPSA) is 55.4 Å². The molecule has 0 spiro atoms. The molecule has 2 atom stereocenters. The fourth-order valence-electron chi connectivity index (χ4n) is 2.10. The minimum absolute atomic E-state index is 0.00121. The normalized spacial score (nSPS) is 23.8. The van der Waals surface area contributed by atoms with E-state index in [0.29, 0.717) is 11.7 Å². The first-order valence-corrected chi connectivity index (χ1v) is 7.95. The highest BCUT2D eigenvalue weighted by Gasteiger charge is 2.27. The van der Waals surface area contributed by atoms with Crippen molar-refractivity contribution in [1.29, 1.82) is 0 Å². The highest BCUT2D eigenvalue weighted by atomic mass is 32.2. The minimum atomic E-state index is -4.54. The second kappa shape index (κ2) is 6.05. The summed E-state index contributed by atoms with van der Waals surface area (Å²) in [5.74, 6) is -2.53. The molecule has 1 heterocycles. The van der Waals surface area contributed by atoms with Crippen molar-refractivity contribution in [3.8, 4) is 5.75 Å². The molecule has 1 N–H and O–H groups in total. The molecule has 0 radical (unpaired) electrons. The third-order valence-electron chi connectivity index (χ3n) is 3.43. The van der Waals surface area contributed by atoms with Gasteiger partial charge in [-0.15, -0.1) is 0 Å². The van der Waals surface area contributed by atoms with Crippen LogP contribution < -0.4 is 10.1 Å². The van der Waals surface area contributed by atoms with Crippen LogP contribution in [-0.2, 0) is 9.84 Å². The quantitative estimate of drug-likeness (QED) is 0.925. The predicted molar refractivity (Wildman–Crippen MR) is 70.7 cm³/mol. The maximum absolute atomic E-state index is 12.4. The van der Waals surface area contributed by atoms with Crippen LogP contribution in [0.3, 0.4) is 0 Å². The second-order valence-corrected chi connectivity index (χ2v) is 6.82. The van der Waals surface area contributed by atoms with Crippen molar-refractivity contribution in [2.45, 2.75) is 30.1 Å². The molecule has 20 heavy (non-hydrogen) atoms. The van der Waals surface area contributed by atoms with Gasteiger partial charge in [0, 0.05) is 6.54 Å². The molecule has 0 aromatic heterocycles. The van der Waals surface area contributed by atoms with Crippen molar-refractivity contribution in [2.75, 3.05) is 13.1 Å². The van der Waals surface area contributed by atoms with Crippen molar-refractivity contribution in [1.82, 2.24) is 5.32 Å². The Morgan fingerprint density at radius 2 is 1.95 bits per heavy atom. The molecule has 2 rings (SSSR count). The lowest BCUT2D eigenvalue weighted by Crippen LogP contribution is -2.42. The molecule has 7 heteroatoms. The zero-order valence-electron chi connectivity index (χ0n) is 11.1. The lowest BCUT2D eigenvalue weighted by Gasteiger charge is -2.30. The first-order valence-electron chi connectivity index (χ1n) is 6.41. The lowest BCUT2D eigenvalue weighted by molar-refractivity contribution is 0.115. The lowest BCUT2D eigenvalue weighted by atomic mass is 9.97. The molecule has 2 unspecified atom stereocenters. The largest absolute Gasteiger partial charge is 0.489 e.